The smallest absolute Gasteiger partial charge is 0.258 e. The summed E-state index contributed by atoms with van der Waals surface area (Å²) in [4.78, 5) is 28.6. The normalized spacial score (nSPS) is 17.3. The predicted molar refractivity (Wildman–Crippen MR) is 95.5 cm³/mol. The molecule has 5 heteroatoms. The molecular formula is C20H22N2O3. The first-order valence-electron chi connectivity index (χ1n) is 8.36. The first-order chi connectivity index (χ1) is 12.1. The molecule has 3 rings (SSSR count). The molecule has 1 fully saturated rings. The second-order valence-electron chi connectivity index (χ2n) is 6.09. The van der Waals surface area contributed by atoms with Crippen LogP contribution in [0.4, 0.5) is 0 Å². The summed E-state index contributed by atoms with van der Waals surface area (Å²) in [7, 11) is 1.56. The van der Waals surface area contributed by atoms with Gasteiger partial charge in [0.15, 0.2) is 0 Å². The van der Waals surface area contributed by atoms with Crippen molar-refractivity contribution in [1.82, 2.24) is 9.80 Å². The third kappa shape index (κ3) is 3.50. The molecule has 1 atom stereocenters. The molecule has 0 saturated carbocycles. The molecule has 1 saturated heterocycles. The quantitative estimate of drug-likeness (QED) is 0.865. The van der Waals surface area contributed by atoms with Crippen LogP contribution >= 0.6 is 0 Å². The summed E-state index contributed by atoms with van der Waals surface area (Å²) < 4.78 is 5.35. The molecule has 1 aliphatic heterocycles. The van der Waals surface area contributed by atoms with Crippen LogP contribution in [-0.4, -0.2) is 48.4 Å². The Hall–Kier alpha value is -2.82. The summed E-state index contributed by atoms with van der Waals surface area (Å²) in [6, 6.07) is 16.9. The van der Waals surface area contributed by atoms with E-state index < -0.39 is 0 Å². The van der Waals surface area contributed by atoms with E-state index in [-0.39, 0.29) is 17.9 Å². The fraction of sp³-hybridized carbons (Fsp3) is 0.300. The van der Waals surface area contributed by atoms with Gasteiger partial charge < -0.3 is 14.5 Å². The Balaban J connectivity index is 1.95. The van der Waals surface area contributed by atoms with E-state index in [9.17, 15) is 9.59 Å². The highest BCUT2D eigenvalue weighted by atomic mass is 16.5. The Morgan fingerprint density at radius 1 is 1.00 bits per heavy atom. The summed E-state index contributed by atoms with van der Waals surface area (Å²) >= 11 is 0. The Bertz CT molecular complexity index is 761. The van der Waals surface area contributed by atoms with Gasteiger partial charge in [0.05, 0.1) is 18.7 Å². The molecular weight excluding hydrogens is 316 g/mol. The molecule has 2 amide bonds. The van der Waals surface area contributed by atoms with Crippen molar-refractivity contribution in [2.75, 3.05) is 26.7 Å². The Morgan fingerprint density at radius 2 is 1.68 bits per heavy atom. The fourth-order valence-electron chi connectivity index (χ4n) is 3.25. The van der Waals surface area contributed by atoms with Gasteiger partial charge in [-0.05, 0) is 17.7 Å². The van der Waals surface area contributed by atoms with Crippen LogP contribution in [0.25, 0.3) is 0 Å². The molecule has 0 aliphatic carbocycles. The minimum Gasteiger partial charge on any atom is -0.496 e. The van der Waals surface area contributed by atoms with Crippen LogP contribution in [0, 0.1) is 0 Å². The van der Waals surface area contributed by atoms with Crippen molar-refractivity contribution in [3.8, 4) is 5.75 Å². The maximum Gasteiger partial charge on any atom is 0.258 e. The minimum absolute atomic E-state index is 0.0327. The molecule has 0 aromatic heterocycles. The van der Waals surface area contributed by atoms with E-state index in [1.54, 1.807) is 31.1 Å². The second kappa shape index (κ2) is 7.38. The monoisotopic (exact) mass is 338 g/mol. The molecule has 25 heavy (non-hydrogen) atoms. The van der Waals surface area contributed by atoms with Gasteiger partial charge in [0.1, 0.15) is 5.75 Å². The SMILES string of the molecule is COc1ccccc1C(=O)N1CCN(C(C)=O)CC1c1ccccc1. The van der Waals surface area contributed by atoms with Crippen LogP contribution in [0.1, 0.15) is 28.9 Å². The first-order valence-corrected chi connectivity index (χ1v) is 8.36. The summed E-state index contributed by atoms with van der Waals surface area (Å²) in [6.07, 6.45) is 0. The summed E-state index contributed by atoms with van der Waals surface area (Å²) in [5.74, 6) is 0.521. The average molecular weight is 338 g/mol. The lowest BCUT2D eigenvalue weighted by atomic mass is 10.0. The number of nitrogens with zero attached hydrogens (tertiary/aromatic N) is 2. The van der Waals surface area contributed by atoms with Gasteiger partial charge in [-0.15, -0.1) is 0 Å². The van der Waals surface area contributed by atoms with Crippen molar-refractivity contribution >= 4 is 11.8 Å². The number of ether oxygens (including phenoxy) is 1. The molecule has 0 spiro atoms. The lowest BCUT2D eigenvalue weighted by Crippen LogP contribution is -2.51. The van der Waals surface area contributed by atoms with Gasteiger partial charge in [0.2, 0.25) is 5.91 Å². The molecule has 130 valence electrons. The van der Waals surface area contributed by atoms with Crippen molar-refractivity contribution < 1.29 is 14.3 Å². The number of piperazine rings is 1. The Kier molecular flexibility index (Phi) is 5.03. The number of carbonyl (C=O) groups is 2. The van der Waals surface area contributed by atoms with E-state index in [1.165, 1.54) is 0 Å². The average Bonchev–Trinajstić information content (AvgIpc) is 2.67. The lowest BCUT2D eigenvalue weighted by molar-refractivity contribution is -0.131. The number of hydrogen-bond donors (Lipinski definition) is 0. The minimum atomic E-state index is -0.170. The molecule has 2 aromatic carbocycles. The van der Waals surface area contributed by atoms with Crippen LogP contribution in [0.5, 0.6) is 5.75 Å². The van der Waals surface area contributed by atoms with Crippen LogP contribution in [0.3, 0.4) is 0 Å². The number of benzene rings is 2. The fourth-order valence-corrected chi connectivity index (χ4v) is 3.25. The van der Waals surface area contributed by atoms with E-state index in [1.807, 2.05) is 47.4 Å². The van der Waals surface area contributed by atoms with E-state index in [0.717, 1.165) is 5.56 Å². The van der Waals surface area contributed by atoms with E-state index in [4.69, 9.17) is 4.74 Å². The number of carbonyl (C=O) groups excluding carboxylic acids is 2. The molecule has 0 bridgehead atoms. The number of methoxy groups -OCH3 is 1. The van der Waals surface area contributed by atoms with Crippen molar-refractivity contribution in [3.05, 3.63) is 65.7 Å². The molecule has 0 radical (unpaired) electrons. The Labute approximate surface area is 147 Å². The van der Waals surface area contributed by atoms with Gasteiger partial charge in [0.25, 0.3) is 5.91 Å². The standard InChI is InChI=1S/C20H22N2O3/c1-15(23)21-12-13-22(18(14-21)16-8-4-3-5-9-16)20(24)17-10-6-7-11-19(17)25-2/h3-11,18H,12-14H2,1-2H3. The maximum atomic E-state index is 13.2. The van der Waals surface area contributed by atoms with Crippen molar-refractivity contribution in [2.24, 2.45) is 0 Å². The van der Waals surface area contributed by atoms with Crippen molar-refractivity contribution in [3.63, 3.8) is 0 Å². The second-order valence-corrected chi connectivity index (χ2v) is 6.09. The summed E-state index contributed by atoms with van der Waals surface area (Å²) in [5, 5.41) is 0. The van der Waals surface area contributed by atoms with Crippen molar-refractivity contribution in [1.29, 1.82) is 0 Å². The molecule has 0 N–H and O–H groups in total. The topological polar surface area (TPSA) is 49.9 Å². The van der Waals surface area contributed by atoms with Crippen molar-refractivity contribution in [2.45, 2.75) is 13.0 Å². The molecule has 1 unspecified atom stereocenters. The molecule has 2 aromatic rings. The maximum absolute atomic E-state index is 13.2. The van der Waals surface area contributed by atoms with Crippen LogP contribution in [0.15, 0.2) is 54.6 Å². The highest BCUT2D eigenvalue weighted by molar-refractivity contribution is 5.97. The van der Waals surface area contributed by atoms with Gasteiger partial charge in [-0.2, -0.15) is 0 Å². The number of hydrogen-bond acceptors (Lipinski definition) is 3. The predicted octanol–water partition coefficient (Wildman–Crippen LogP) is 2.74. The van der Waals surface area contributed by atoms with E-state index in [2.05, 4.69) is 0 Å². The van der Waals surface area contributed by atoms with E-state index in [0.29, 0.717) is 30.9 Å². The lowest BCUT2D eigenvalue weighted by Gasteiger charge is -2.41. The Morgan fingerprint density at radius 3 is 2.36 bits per heavy atom. The highest BCUT2D eigenvalue weighted by Gasteiger charge is 2.33. The highest BCUT2D eigenvalue weighted by Crippen LogP contribution is 2.29. The van der Waals surface area contributed by atoms with Gasteiger partial charge in [-0.1, -0.05) is 42.5 Å². The summed E-state index contributed by atoms with van der Waals surface area (Å²) in [5.41, 5.74) is 1.57. The molecule has 1 aliphatic rings. The molecule has 5 nitrogen and oxygen atoms in total. The van der Waals surface area contributed by atoms with Gasteiger partial charge in [-0.25, -0.2) is 0 Å². The largest absolute Gasteiger partial charge is 0.496 e. The van der Waals surface area contributed by atoms with Gasteiger partial charge in [-0.3, -0.25) is 9.59 Å². The van der Waals surface area contributed by atoms with Gasteiger partial charge >= 0.3 is 0 Å². The van der Waals surface area contributed by atoms with Crippen LogP contribution in [0.2, 0.25) is 0 Å². The number of para-hydroxylation sites is 1. The van der Waals surface area contributed by atoms with E-state index >= 15 is 0 Å². The molecule has 1 heterocycles. The third-order valence-electron chi connectivity index (χ3n) is 4.61. The first kappa shape index (κ1) is 17.0. The van der Waals surface area contributed by atoms with Crippen LogP contribution in [-0.2, 0) is 4.79 Å². The zero-order valence-corrected chi connectivity index (χ0v) is 14.5. The van der Waals surface area contributed by atoms with Gasteiger partial charge in [0, 0.05) is 26.6 Å². The zero-order valence-electron chi connectivity index (χ0n) is 14.5. The number of amides is 2. The summed E-state index contributed by atoms with van der Waals surface area (Å²) in [6.45, 7) is 3.11. The third-order valence-corrected chi connectivity index (χ3v) is 4.61. The zero-order chi connectivity index (χ0) is 17.8. The number of rotatable bonds is 3. The van der Waals surface area contributed by atoms with Crippen LogP contribution < -0.4 is 4.74 Å².